The number of rotatable bonds is 6. The van der Waals surface area contributed by atoms with Crippen LogP contribution in [0.15, 0.2) is 17.5 Å². The molecule has 2 atom stereocenters. The molecule has 1 aromatic heterocycles. The molecule has 0 bridgehead atoms. The number of nitrogens with zero attached hydrogens (tertiary/aromatic N) is 1. The SMILES string of the molecule is CN(C(=O)CCCc1cccs1)[C@@H]1CCCC[C@H]1S(C)(=O)=O. The molecule has 0 aromatic carbocycles. The van der Waals surface area contributed by atoms with E-state index >= 15 is 0 Å². The highest BCUT2D eigenvalue weighted by Crippen LogP contribution is 2.28. The molecule has 0 spiro atoms. The van der Waals surface area contributed by atoms with E-state index < -0.39 is 15.1 Å². The Kier molecular flexibility index (Phi) is 6.03. The minimum Gasteiger partial charge on any atom is -0.341 e. The molecule has 2 rings (SSSR count). The van der Waals surface area contributed by atoms with E-state index in [1.807, 2.05) is 11.4 Å². The summed E-state index contributed by atoms with van der Waals surface area (Å²) in [5, 5.41) is 1.65. The minimum absolute atomic E-state index is 0.0668. The smallest absolute Gasteiger partial charge is 0.222 e. The number of hydrogen-bond acceptors (Lipinski definition) is 4. The van der Waals surface area contributed by atoms with E-state index in [-0.39, 0.29) is 11.9 Å². The maximum atomic E-state index is 12.4. The zero-order chi connectivity index (χ0) is 16.2. The fraction of sp³-hybridized carbons (Fsp3) is 0.688. The van der Waals surface area contributed by atoms with Crippen LogP contribution in [0, 0.1) is 0 Å². The number of sulfone groups is 1. The van der Waals surface area contributed by atoms with Gasteiger partial charge in [0, 0.05) is 30.6 Å². The highest BCUT2D eigenvalue weighted by Gasteiger charge is 2.36. The summed E-state index contributed by atoms with van der Waals surface area (Å²) in [5.41, 5.74) is 0. The quantitative estimate of drug-likeness (QED) is 0.798. The first-order chi connectivity index (χ1) is 10.4. The zero-order valence-electron chi connectivity index (χ0n) is 13.3. The van der Waals surface area contributed by atoms with E-state index in [9.17, 15) is 13.2 Å². The highest BCUT2D eigenvalue weighted by molar-refractivity contribution is 7.91. The summed E-state index contributed by atoms with van der Waals surface area (Å²) in [6.07, 6.45) is 6.93. The Hall–Kier alpha value is -0.880. The standard InChI is InChI=1S/C16H25NO3S2/c1-17(14-9-3-4-10-15(14)22(2,19)20)16(18)11-5-7-13-8-6-12-21-13/h6,8,12,14-15H,3-5,7,9-11H2,1-2H3/t14-,15-/m1/s1. The third kappa shape index (κ3) is 4.56. The third-order valence-corrected chi connectivity index (χ3v) is 7.09. The molecule has 4 nitrogen and oxygen atoms in total. The number of amides is 1. The maximum Gasteiger partial charge on any atom is 0.222 e. The molecule has 1 aliphatic carbocycles. The molecule has 1 aliphatic rings. The van der Waals surface area contributed by atoms with Gasteiger partial charge in [-0.2, -0.15) is 0 Å². The van der Waals surface area contributed by atoms with E-state index in [0.29, 0.717) is 12.8 Å². The van der Waals surface area contributed by atoms with Gasteiger partial charge < -0.3 is 4.90 Å². The van der Waals surface area contributed by atoms with Crippen molar-refractivity contribution >= 4 is 27.1 Å². The van der Waals surface area contributed by atoms with Crippen LogP contribution in [0.1, 0.15) is 43.4 Å². The fourth-order valence-corrected chi connectivity index (χ4v) is 5.49. The lowest BCUT2D eigenvalue weighted by Crippen LogP contribution is -2.49. The van der Waals surface area contributed by atoms with Gasteiger partial charge in [0.05, 0.1) is 5.25 Å². The van der Waals surface area contributed by atoms with Crippen LogP contribution in [-0.2, 0) is 21.1 Å². The minimum atomic E-state index is -3.10. The topological polar surface area (TPSA) is 54.5 Å². The van der Waals surface area contributed by atoms with Crippen molar-refractivity contribution in [2.75, 3.05) is 13.3 Å². The molecule has 0 N–H and O–H groups in total. The number of thiophene rings is 1. The van der Waals surface area contributed by atoms with Gasteiger partial charge in [0.1, 0.15) is 0 Å². The Morgan fingerprint density at radius 2 is 2.09 bits per heavy atom. The molecule has 1 heterocycles. The predicted octanol–water partition coefficient (Wildman–Crippen LogP) is 2.89. The Labute approximate surface area is 137 Å². The van der Waals surface area contributed by atoms with Gasteiger partial charge in [-0.25, -0.2) is 8.42 Å². The van der Waals surface area contributed by atoms with E-state index in [2.05, 4.69) is 6.07 Å². The average Bonchev–Trinajstić information content (AvgIpc) is 2.98. The number of carbonyl (C=O) groups is 1. The molecule has 22 heavy (non-hydrogen) atoms. The summed E-state index contributed by atoms with van der Waals surface area (Å²) in [6.45, 7) is 0. The molecule has 1 aromatic rings. The number of aryl methyl sites for hydroxylation is 1. The van der Waals surface area contributed by atoms with Gasteiger partial charge in [-0.3, -0.25) is 4.79 Å². The van der Waals surface area contributed by atoms with Crippen molar-refractivity contribution in [2.24, 2.45) is 0 Å². The molecule has 0 saturated heterocycles. The maximum absolute atomic E-state index is 12.4. The van der Waals surface area contributed by atoms with Crippen molar-refractivity contribution in [3.05, 3.63) is 22.4 Å². The lowest BCUT2D eigenvalue weighted by atomic mass is 9.93. The first-order valence-corrected chi connectivity index (χ1v) is 10.7. The lowest BCUT2D eigenvalue weighted by Gasteiger charge is -2.37. The van der Waals surface area contributed by atoms with Crippen LogP contribution in [0.25, 0.3) is 0 Å². The average molecular weight is 344 g/mol. The highest BCUT2D eigenvalue weighted by atomic mass is 32.2. The molecule has 0 radical (unpaired) electrons. The van der Waals surface area contributed by atoms with Gasteiger partial charge in [0.25, 0.3) is 0 Å². The van der Waals surface area contributed by atoms with E-state index in [1.54, 1.807) is 23.3 Å². The van der Waals surface area contributed by atoms with Crippen molar-refractivity contribution in [3.63, 3.8) is 0 Å². The summed E-state index contributed by atoms with van der Waals surface area (Å²) < 4.78 is 23.9. The van der Waals surface area contributed by atoms with Crippen LogP contribution < -0.4 is 0 Å². The van der Waals surface area contributed by atoms with Gasteiger partial charge in [0.15, 0.2) is 9.84 Å². The third-order valence-electron chi connectivity index (χ3n) is 4.50. The van der Waals surface area contributed by atoms with Crippen LogP contribution in [0.5, 0.6) is 0 Å². The molecule has 124 valence electrons. The van der Waals surface area contributed by atoms with Crippen LogP contribution in [-0.4, -0.2) is 43.8 Å². The van der Waals surface area contributed by atoms with Crippen LogP contribution >= 0.6 is 11.3 Å². The first-order valence-electron chi connectivity index (χ1n) is 7.86. The molecule has 1 fully saturated rings. The van der Waals surface area contributed by atoms with Gasteiger partial charge in [-0.05, 0) is 37.1 Å². The Morgan fingerprint density at radius 3 is 2.73 bits per heavy atom. The van der Waals surface area contributed by atoms with Crippen molar-refractivity contribution in [2.45, 2.75) is 56.2 Å². The molecule has 1 saturated carbocycles. The Bertz CT molecular complexity index is 581. The van der Waals surface area contributed by atoms with Crippen molar-refractivity contribution < 1.29 is 13.2 Å². The molecule has 0 unspecified atom stereocenters. The summed E-state index contributed by atoms with van der Waals surface area (Å²) in [6, 6.07) is 3.95. The molecule has 1 amide bonds. The molecule has 6 heteroatoms. The predicted molar refractivity (Wildman–Crippen MR) is 90.9 cm³/mol. The van der Waals surface area contributed by atoms with Crippen molar-refractivity contribution in [1.29, 1.82) is 0 Å². The van der Waals surface area contributed by atoms with Gasteiger partial charge in [-0.1, -0.05) is 18.9 Å². The van der Waals surface area contributed by atoms with E-state index in [1.165, 1.54) is 11.1 Å². The fourth-order valence-electron chi connectivity index (χ4n) is 3.25. The van der Waals surface area contributed by atoms with Gasteiger partial charge in [-0.15, -0.1) is 11.3 Å². The largest absolute Gasteiger partial charge is 0.341 e. The summed E-state index contributed by atoms with van der Waals surface area (Å²) in [4.78, 5) is 15.4. The normalized spacial score (nSPS) is 22.5. The summed E-state index contributed by atoms with van der Waals surface area (Å²) in [5.74, 6) is 0.0668. The summed E-state index contributed by atoms with van der Waals surface area (Å²) >= 11 is 1.71. The van der Waals surface area contributed by atoms with E-state index in [0.717, 1.165) is 32.1 Å². The number of carbonyl (C=O) groups excluding carboxylic acids is 1. The first kappa shape index (κ1) is 17.5. The van der Waals surface area contributed by atoms with E-state index in [4.69, 9.17) is 0 Å². The second-order valence-corrected chi connectivity index (χ2v) is 9.45. The van der Waals surface area contributed by atoms with Gasteiger partial charge >= 0.3 is 0 Å². The summed E-state index contributed by atoms with van der Waals surface area (Å²) in [7, 11) is -1.34. The van der Waals surface area contributed by atoms with Gasteiger partial charge in [0.2, 0.25) is 5.91 Å². The number of hydrogen-bond donors (Lipinski definition) is 0. The lowest BCUT2D eigenvalue weighted by molar-refractivity contribution is -0.132. The van der Waals surface area contributed by atoms with Crippen molar-refractivity contribution in [3.8, 4) is 0 Å². The van der Waals surface area contributed by atoms with Crippen LogP contribution in [0.3, 0.4) is 0 Å². The second-order valence-electron chi connectivity index (χ2n) is 6.16. The zero-order valence-corrected chi connectivity index (χ0v) is 15.0. The monoisotopic (exact) mass is 343 g/mol. The molecule has 0 aliphatic heterocycles. The second kappa shape index (κ2) is 7.59. The Morgan fingerprint density at radius 1 is 1.36 bits per heavy atom. The van der Waals surface area contributed by atoms with Crippen LogP contribution in [0.2, 0.25) is 0 Å². The van der Waals surface area contributed by atoms with Crippen molar-refractivity contribution in [1.82, 2.24) is 4.90 Å². The Balaban J connectivity index is 1.90. The van der Waals surface area contributed by atoms with Crippen LogP contribution in [0.4, 0.5) is 0 Å². The molecular formula is C16H25NO3S2. The molecular weight excluding hydrogens is 318 g/mol.